The standard InChI is InChI=1S/C34H26F3N7O/c1-38-32-28(19-6-3-2-4-7-19)29(37)33(43-31(32)25-18-40-30-24(25)15-21(35)16-26(30)36)41-22-8-5-9-23(17-22)42-34(45)20-10-12-44-13-11-39-27(44)14-20/h2-4,6-7,10-16,18,22-23,40H,5,8-9,17H2,(H,41,43)(H,42,45)/t22-,23+/m1/s1. The first-order valence-corrected chi connectivity index (χ1v) is 14.5. The molecule has 2 aromatic carbocycles. The van der Waals surface area contributed by atoms with Gasteiger partial charge in [0.1, 0.15) is 17.3 Å². The molecule has 8 nitrogen and oxygen atoms in total. The lowest BCUT2D eigenvalue weighted by molar-refractivity contribution is 0.0926. The van der Waals surface area contributed by atoms with E-state index < -0.39 is 17.5 Å². The zero-order valence-corrected chi connectivity index (χ0v) is 23.8. The second-order valence-corrected chi connectivity index (χ2v) is 11.1. The molecule has 0 spiro atoms. The van der Waals surface area contributed by atoms with Gasteiger partial charge in [0.05, 0.1) is 17.8 Å². The van der Waals surface area contributed by atoms with Gasteiger partial charge in [-0.1, -0.05) is 30.3 Å². The highest BCUT2D eigenvalue weighted by atomic mass is 19.1. The number of halogens is 3. The van der Waals surface area contributed by atoms with Crippen molar-refractivity contribution in [2.24, 2.45) is 0 Å². The number of anilines is 1. The molecule has 7 rings (SSSR count). The lowest BCUT2D eigenvalue weighted by Gasteiger charge is -2.31. The largest absolute Gasteiger partial charge is 0.365 e. The van der Waals surface area contributed by atoms with E-state index in [1.165, 1.54) is 6.20 Å². The van der Waals surface area contributed by atoms with Gasteiger partial charge in [0.25, 0.3) is 5.91 Å². The summed E-state index contributed by atoms with van der Waals surface area (Å²) in [6, 6.07) is 13.6. The summed E-state index contributed by atoms with van der Waals surface area (Å²) in [5.74, 6) is -2.57. The third kappa shape index (κ3) is 5.25. The summed E-state index contributed by atoms with van der Waals surface area (Å²) in [5.41, 5.74) is 2.03. The minimum Gasteiger partial charge on any atom is -0.365 e. The molecule has 6 aromatic rings. The molecule has 224 valence electrons. The molecule has 4 aromatic heterocycles. The molecule has 2 atom stereocenters. The van der Waals surface area contributed by atoms with Crippen molar-refractivity contribution in [2.45, 2.75) is 37.8 Å². The number of hydrogen-bond donors (Lipinski definition) is 3. The topological polar surface area (TPSA) is 91.5 Å². The number of amides is 1. The van der Waals surface area contributed by atoms with Gasteiger partial charge in [0.15, 0.2) is 11.6 Å². The Bertz CT molecular complexity index is 2120. The van der Waals surface area contributed by atoms with Crippen LogP contribution >= 0.6 is 0 Å². The average Bonchev–Trinajstić information content (AvgIpc) is 3.69. The van der Waals surface area contributed by atoms with Gasteiger partial charge in [-0.3, -0.25) is 4.79 Å². The Labute approximate surface area is 255 Å². The second kappa shape index (κ2) is 11.5. The maximum absolute atomic E-state index is 16.4. The molecule has 0 bridgehead atoms. The zero-order valence-electron chi connectivity index (χ0n) is 23.8. The number of H-pyrrole nitrogens is 1. The Hall–Kier alpha value is -5.63. The predicted molar refractivity (Wildman–Crippen MR) is 165 cm³/mol. The normalized spacial score (nSPS) is 16.5. The highest BCUT2D eigenvalue weighted by Gasteiger charge is 2.29. The number of aromatic amines is 1. The minimum absolute atomic E-state index is 0.0411. The van der Waals surface area contributed by atoms with Gasteiger partial charge in [0.2, 0.25) is 5.69 Å². The van der Waals surface area contributed by atoms with Gasteiger partial charge in [-0.25, -0.2) is 28.0 Å². The van der Waals surface area contributed by atoms with E-state index in [1.807, 2.05) is 4.40 Å². The first-order valence-electron chi connectivity index (χ1n) is 14.5. The molecule has 0 radical (unpaired) electrons. The van der Waals surface area contributed by atoms with Gasteiger partial charge in [-0.05, 0) is 49.4 Å². The van der Waals surface area contributed by atoms with Crippen molar-refractivity contribution in [1.82, 2.24) is 24.7 Å². The van der Waals surface area contributed by atoms with Crippen LogP contribution in [0.4, 0.5) is 24.7 Å². The van der Waals surface area contributed by atoms with Crippen LogP contribution in [0.25, 0.3) is 43.8 Å². The number of aromatic nitrogens is 4. The van der Waals surface area contributed by atoms with Crippen molar-refractivity contribution >= 4 is 34.0 Å². The van der Waals surface area contributed by atoms with E-state index in [9.17, 15) is 13.6 Å². The lowest BCUT2D eigenvalue weighted by Crippen LogP contribution is -2.42. The van der Waals surface area contributed by atoms with Crippen LogP contribution in [0.5, 0.6) is 0 Å². The van der Waals surface area contributed by atoms with Crippen molar-refractivity contribution in [2.75, 3.05) is 5.32 Å². The molecule has 0 unspecified atom stereocenters. The smallest absolute Gasteiger partial charge is 0.251 e. The molecule has 0 aliphatic heterocycles. The van der Waals surface area contributed by atoms with Gasteiger partial charge >= 0.3 is 0 Å². The van der Waals surface area contributed by atoms with Crippen LogP contribution < -0.4 is 10.6 Å². The van der Waals surface area contributed by atoms with Crippen LogP contribution in [0.2, 0.25) is 0 Å². The van der Waals surface area contributed by atoms with Gasteiger partial charge < -0.3 is 20.0 Å². The zero-order chi connectivity index (χ0) is 31.1. The third-order valence-corrected chi connectivity index (χ3v) is 8.26. The first-order chi connectivity index (χ1) is 21.9. The maximum Gasteiger partial charge on any atom is 0.251 e. The summed E-state index contributed by atoms with van der Waals surface area (Å²) in [6.07, 6.45) is 9.46. The van der Waals surface area contributed by atoms with E-state index in [2.05, 4.69) is 30.4 Å². The minimum atomic E-state index is -0.788. The van der Waals surface area contributed by atoms with Crippen molar-refractivity contribution in [3.63, 3.8) is 0 Å². The molecular formula is C34H26F3N7O. The molecule has 1 fully saturated rings. The Kier molecular flexibility index (Phi) is 7.17. The summed E-state index contributed by atoms with van der Waals surface area (Å²) in [4.78, 5) is 28.4. The summed E-state index contributed by atoms with van der Waals surface area (Å²) >= 11 is 0. The van der Waals surface area contributed by atoms with Crippen LogP contribution in [-0.2, 0) is 0 Å². The molecule has 1 saturated carbocycles. The number of imidazole rings is 1. The Morgan fingerprint density at radius 1 is 1.04 bits per heavy atom. The van der Waals surface area contributed by atoms with E-state index in [4.69, 9.17) is 6.57 Å². The number of carbonyl (C=O) groups is 1. The van der Waals surface area contributed by atoms with Gasteiger partial charge in [-0.15, -0.1) is 0 Å². The van der Waals surface area contributed by atoms with E-state index in [0.29, 0.717) is 29.6 Å². The summed E-state index contributed by atoms with van der Waals surface area (Å²) < 4.78 is 47.1. The van der Waals surface area contributed by atoms with E-state index >= 15 is 4.39 Å². The van der Waals surface area contributed by atoms with Crippen molar-refractivity contribution in [1.29, 1.82) is 0 Å². The summed E-state index contributed by atoms with van der Waals surface area (Å²) in [6.45, 7) is 7.98. The van der Waals surface area contributed by atoms with E-state index in [0.717, 1.165) is 25.0 Å². The van der Waals surface area contributed by atoms with Crippen LogP contribution in [0.1, 0.15) is 36.0 Å². The molecular weight excluding hydrogens is 579 g/mol. The molecule has 1 aliphatic rings. The Morgan fingerprint density at radius 2 is 1.87 bits per heavy atom. The molecule has 0 saturated heterocycles. The average molecular weight is 606 g/mol. The van der Waals surface area contributed by atoms with Crippen molar-refractivity contribution in [3.05, 3.63) is 114 Å². The SMILES string of the molecule is [C-]#[N+]c1c(-c2c[nH]c3c(F)cc(F)cc23)nc(N[C@@H]2CCC[C@H](NC(=O)c3ccn4ccnc4c3)C2)c(F)c1-c1ccccc1. The number of pyridine rings is 2. The first kappa shape index (κ1) is 28.2. The van der Waals surface area contributed by atoms with Crippen LogP contribution in [-0.4, -0.2) is 37.3 Å². The number of fused-ring (bicyclic) bond motifs is 2. The van der Waals surface area contributed by atoms with Crippen LogP contribution in [0.3, 0.4) is 0 Å². The number of hydrogen-bond acceptors (Lipinski definition) is 4. The van der Waals surface area contributed by atoms with Crippen LogP contribution in [0, 0.1) is 24.0 Å². The Morgan fingerprint density at radius 3 is 2.69 bits per heavy atom. The van der Waals surface area contributed by atoms with Gasteiger partial charge in [-0.2, -0.15) is 0 Å². The highest BCUT2D eigenvalue weighted by molar-refractivity contribution is 6.01. The summed E-state index contributed by atoms with van der Waals surface area (Å²) in [5, 5.41) is 6.52. The van der Waals surface area contributed by atoms with Gasteiger partial charge in [0, 0.05) is 65.0 Å². The number of carbonyl (C=O) groups excluding carboxylic acids is 1. The van der Waals surface area contributed by atoms with Crippen molar-refractivity contribution < 1.29 is 18.0 Å². The monoisotopic (exact) mass is 605 g/mol. The summed E-state index contributed by atoms with van der Waals surface area (Å²) in [7, 11) is 0. The second-order valence-electron chi connectivity index (χ2n) is 11.1. The highest BCUT2D eigenvalue weighted by Crippen LogP contribution is 2.44. The van der Waals surface area contributed by atoms with Crippen LogP contribution in [0.15, 0.2) is 79.4 Å². The fourth-order valence-corrected chi connectivity index (χ4v) is 6.13. The number of nitrogens with one attached hydrogen (secondary N) is 3. The third-order valence-electron chi connectivity index (χ3n) is 8.26. The fourth-order valence-electron chi connectivity index (χ4n) is 6.13. The molecule has 1 amide bonds. The fraction of sp³-hybridized carbons (Fsp3) is 0.176. The molecule has 3 N–H and O–H groups in total. The maximum atomic E-state index is 16.4. The lowest BCUT2D eigenvalue weighted by atomic mass is 9.90. The molecule has 45 heavy (non-hydrogen) atoms. The Balaban J connectivity index is 1.23. The van der Waals surface area contributed by atoms with Crippen molar-refractivity contribution in [3.8, 4) is 22.4 Å². The molecule has 1 aliphatic carbocycles. The number of benzene rings is 2. The van der Waals surface area contributed by atoms with E-state index in [-0.39, 0.29) is 57.2 Å². The predicted octanol–water partition coefficient (Wildman–Crippen LogP) is 7.67. The molecule has 11 heteroatoms. The molecule has 4 heterocycles. The number of rotatable bonds is 6. The quantitative estimate of drug-likeness (QED) is 0.170. The number of nitrogens with zero attached hydrogens (tertiary/aromatic N) is 4. The van der Waals surface area contributed by atoms with E-state index in [1.54, 1.807) is 61.1 Å².